The summed E-state index contributed by atoms with van der Waals surface area (Å²) in [6, 6.07) is 0. The van der Waals surface area contributed by atoms with Crippen LogP contribution >= 0.6 is 0 Å². The van der Waals surface area contributed by atoms with Gasteiger partial charge in [-0.25, -0.2) is 0 Å². The van der Waals surface area contributed by atoms with E-state index in [9.17, 15) is 9.90 Å². The topological polar surface area (TPSA) is 46.5 Å². The minimum absolute atomic E-state index is 0.0422. The third-order valence-corrected chi connectivity index (χ3v) is 2.01. The van der Waals surface area contributed by atoms with E-state index in [1.54, 1.807) is 19.1 Å². The number of rotatable bonds is 5. The van der Waals surface area contributed by atoms with Crippen LogP contribution in [0.3, 0.4) is 0 Å². The van der Waals surface area contributed by atoms with Crippen LogP contribution in [0.4, 0.5) is 0 Å². The van der Waals surface area contributed by atoms with Crippen molar-refractivity contribution in [1.29, 1.82) is 0 Å². The Bertz CT molecular complexity index is 197. The highest BCUT2D eigenvalue weighted by Crippen LogP contribution is 2.16. The third kappa shape index (κ3) is 3.92. The lowest BCUT2D eigenvalue weighted by Crippen LogP contribution is -2.32. The van der Waals surface area contributed by atoms with Crippen molar-refractivity contribution in [2.24, 2.45) is 11.8 Å². The smallest absolute Gasteiger partial charge is 0.315 e. The molecule has 0 spiro atoms. The predicted octanol–water partition coefficient (Wildman–Crippen LogP) is 1.76. The standard InChI is InChI=1S/C11H20O3/c1-5-7-9(10(12)8(3)4)11(13)14-6-2/h5,7-10,12H,6H2,1-4H3. The average molecular weight is 200 g/mol. The highest BCUT2D eigenvalue weighted by atomic mass is 16.5. The lowest BCUT2D eigenvalue weighted by atomic mass is 9.93. The molecule has 0 amide bonds. The van der Waals surface area contributed by atoms with E-state index in [4.69, 9.17) is 4.74 Å². The van der Waals surface area contributed by atoms with Gasteiger partial charge in [0.1, 0.15) is 5.92 Å². The van der Waals surface area contributed by atoms with Crippen LogP contribution in [0.15, 0.2) is 12.2 Å². The van der Waals surface area contributed by atoms with Crippen LogP contribution in [0.25, 0.3) is 0 Å². The van der Waals surface area contributed by atoms with Crippen molar-refractivity contribution in [3.63, 3.8) is 0 Å². The Labute approximate surface area is 85.8 Å². The van der Waals surface area contributed by atoms with Crippen LogP contribution in [0.2, 0.25) is 0 Å². The maximum atomic E-state index is 11.4. The number of hydrogen-bond donors (Lipinski definition) is 1. The summed E-state index contributed by atoms with van der Waals surface area (Å²) >= 11 is 0. The summed E-state index contributed by atoms with van der Waals surface area (Å²) in [5, 5.41) is 9.76. The first-order valence-electron chi connectivity index (χ1n) is 5.02. The van der Waals surface area contributed by atoms with Gasteiger partial charge in [-0.1, -0.05) is 26.0 Å². The zero-order valence-electron chi connectivity index (χ0n) is 9.36. The summed E-state index contributed by atoms with van der Waals surface area (Å²) < 4.78 is 4.88. The molecule has 0 fully saturated rings. The lowest BCUT2D eigenvalue weighted by Gasteiger charge is -2.21. The van der Waals surface area contributed by atoms with Crippen molar-refractivity contribution in [2.45, 2.75) is 33.8 Å². The van der Waals surface area contributed by atoms with Crippen LogP contribution in [-0.2, 0) is 9.53 Å². The maximum Gasteiger partial charge on any atom is 0.315 e. The van der Waals surface area contributed by atoms with Crippen LogP contribution < -0.4 is 0 Å². The van der Waals surface area contributed by atoms with Crippen molar-refractivity contribution < 1.29 is 14.6 Å². The maximum absolute atomic E-state index is 11.4. The Morgan fingerprint density at radius 3 is 2.43 bits per heavy atom. The first kappa shape index (κ1) is 13.2. The quantitative estimate of drug-likeness (QED) is 0.543. The molecule has 0 aliphatic heterocycles. The van der Waals surface area contributed by atoms with Gasteiger partial charge in [-0.2, -0.15) is 0 Å². The normalized spacial score (nSPS) is 15.9. The summed E-state index contributed by atoms with van der Waals surface area (Å²) in [6.07, 6.45) is 2.76. The number of esters is 1. The van der Waals surface area contributed by atoms with E-state index in [1.165, 1.54) is 0 Å². The van der Waals surface area contributed by atoms with Gasteiger partial charge in [0.25, 0.3) is 0 Å². The molecule has 0 aromatic carbocycles. The van der Waals surface area contributed by atoms with E-state index in [1.807, 2.05) is 20.8 Å². The molecule has 0 aromatic heterocycles. The zero-order chi connectivity index (χ0) is 11.1. The molecule has 0 aromatic rings. The van der Waals surface area contributed by atoms with Gasteiger partial charge in [0.05, 0.1) is 12.7 Å². The minimum Gasteiger partial charge on any atom is -0.465 e. The Morgan fingerprint density at radius 2 is 2.07 bits per heavy atom. The fourth-order valence-corrected chi connectivity index (χ4v) is 1.19. The number of ether oxygens (including phenoxy) is 1. The Kier molecular flexibility index (Phi) is 6.21. The molecule has 0 saturated heterocycles. The number of aliphatic hydroxyl groups is 1. The van der Waals surface area contributed by atoms with E-state index in [2.05, 4.69) is 0 Å². The van der Waals surface area contributed by atoms with Crippen LogP contribution in [-0.4, -0.2) is 23.8 Å². The molecule has 2 unspecified atom stereocenters. The lowest BCUT2D eigenvalue weighted by molar-refractivity contribution is -0.150. The van der Waals surface area contributed by atoms with Crippen molar-refractivity contribution in [3.05, 3.63) is 12.2 Å². The number of carbonyl (C=O) groups is 1. The number of hydrogen-bond acceptors (Lipinski definition) is 3. The van der Waals surface area contributed by atoms with E-state index in [-0.39, 0.29) is 11.9 Å². The molecule has 0 saturated carbocycles. The summed E-state index contributed by atoms with van der Waals surface area (Å²) in [5.41, 5.74) is 0. The average Bonchev–Trinajstić information content (AvgIpc) is 2.13. The van der Waals surface area contributed by atoms with Crippen molar-refractivity contribution in [1.82, 2.24) is 0 Å². The predicted molar refractivity (Wildman–Crippen MR) is 55.8 cm³/mol. The second-order valence-electron chi connectivity index (χ2n) is 3.54. The summed E-state index contributed by atoms with van der Waals surface area (Å²) in [7, 11) is 0. The van der Waals surface area contributed by atoms with Crippen molar-refractivity contribution >= 4 is 5.97 Å². The molecule has 0 heterocycles. The molecule has 0 aliphatic rings. The number of carbonyl (C=O) groups excluding carboxylic acids is 1. The largest absolute Gasteiger partial charge is 0.465 e. The first-order valence-corrected chi connectivity index (χ1v) is 5.02. The SMILES string of the molecule is CC=CC(C(=O)OCC)C(O)C(C)C. The fraction of sp³-hybridized carbons (Fsp3) is 0.727. The van der Waals surface area contributed by atoms with Crippen molar-refractivity contribution in [3.8, 4) is 0 Å². The fourth-order valence-electron chi connectivity index (χ4n) is 1.19. The van der Waals surface area contributed by atoms with E-state index >= 15 is 0 Å². The molecule has 2 atom stereocenters. The van der Waals surface area contributed by atoms with Gasteiger partial charge in [-0.15, -0.1) is 0 Å². The second-order valence-corrected chi connectivity index (χ2v) is 3.54. The summed E-state index contributed by atoms with van der Waals surface area (Å²) in [4.78, 5) is 11.4. The molecule has 1 N–H and O–H groups in total. The molecular formula is C11H20O3. The molecule has 82 valence electrons. The van der Waals surface area contributed by atoms with Crippen LogP contribution in [0.1, 0.15) is 27.7 Å². The molecule has 0 aliphatic carbocycles. The van der Waals surface area contributed by atoms with Gasteiger partial charge in [0.15, 0.2) is 0 Å². The Balaban J connectivity index is 4.50. The summed E-state index contributed by atoms with van der Waals surface area (Å²) in [6.45, 7) is 7.67. The van der Waals surface area contributed by atoms with Gasteiger partial charge in [-0.3, -0.25) is 4.79 Å². The monoisotopic (exact) mass is 200 g/mol. The molecular weight excluding hydrogens is 180 g/mol. The third-order valence-electron chi connectivity index (χ3n) is 2.01. The highest BCUT2D eigenvalue weighted by Gasteiger charge is 2.27. The van der Waals surface area contributed by atoms with Gasteiger partial charge < -0.3 is 9.84 Å². The van der Waals surface area contributed by atoms with Crippen LogP contribution in [0, 0.1) is 11.8 Å². The molecule has 3 nitrogen and oxygen atoms in total. The van der Waals surface area contributed by atoms with E-state index in [0.717, 1.165) is 0 Å². The van der Waals surface area contributed by atoms with E-state index in [0.29, 0.717) is 6.61 Å². The number of allylic oxidation sites excluding steroid dienone is 1. The minimum atomic E-state index is -0.676. The molecule has 0 rings (SSSR count). The molecule has 0 radical (unpaired) electrons. The molecule has 3 heteroatoms. The molecule has 0 bridgehead atoms. The first-order chi connectivity index (χ1) is 6.54. The zero-order valence-corrected chi connectivity index (χ0v) is 9.36. The van der Waals surface area contributed by atoms with Gasteiger partial charge in [-0.05, 0) is 19.8 Å². The highest BCUT2D eigenvalue weighted by molar-refractivity contribution is 5.75. The van der Waals surface area contributed by atoms with Gasteiger partial charge in [0, 0.05) is 0 Å². The van der Waals surface area contributed by atoms with Crippen LogP contribution in [0.5, 0.6) is 0 Å². The molecule has 14 heavy (non-hydrogen) atoms. The Morgan fingerprint density at radius 1 is 1.50 bits per heavy atom. The summed E-state index contributed by atoms with van der Waals surface area (Å²) in [5.74, 6) is -0.854. The Hall–Kier alpha value is -0.830. The van der Waals surface area contributed by atoms with E-state index < -0.39 is 12.0 Å². The van der Waals surface area contributed by atoms with Gasteiger partial charge in [0.2, 0.25) is 0 Å². The second kappa shape index (κ2) is 6.60. The van der Waals surface area contributed by atoms with Gasteiger partial charge >= 0.3 is 5.97 Å². The van der Waals surface area contributed by atoms with Crippen molar-refractivity contribution in [2.75, 3.05) is 6.61 Å². The number of aliphatic hydroxyl groups excluding tert-OH is 1.